The highest BCUT2D eigenvalue weighted by Crippen LogP contribution is 2.31. The van der Waals surface area contributed by atoms with Crippen LogP contribution in [0, 0.1) is 18.6 Å². The number of morpholine rings is 1. The van der Waals surface area contributed by atoms with E-state index < -0.39 is 5.82 Å². The summed E-state index contributed by atoms with van der Waals surface area (Å²) in [6.45, 7) is 5.95. The third kappa shape index (κ3) is 8.29. The van der Waals surface area contributed by atoms with Gasteiger partial charge in [-0.1, -0.05) is 24.3 Å². The van der Waals surface area contributed by atoms with E-state index in [0.717, 1.165) is 17.3 Å². The molecular formula is C30H34F2N3O4. The number of amides is 1. The van der Waals surface area contributed by atoms with Gasteiger partial charge in [-0.25, -0.2) is 8.78 Å². The molecule has 9 heteroatoms. The highest BCUT2D eigenvalue weighted by molar-refractivity contribution is 5.92. The third-order valence-corrected chi connectivity index (χ3v) is 6.66. The molecule has 1 amide bonds. The van der Waals surface area contributed by atoms with Gasteiger partial charge in [-0.15, -0.1) is 0 Å². The lowest BCUT2D eigenvalue weighted by atomic mass is 9.88. The zero-order chi connectivity index (χ0) is 27.6. The van der Waals surface area contributed by atoms with E-state index in [9.17, 15) is 13.6 Å². The third-order valence-electron chi connectivity index (χ3n) is 6.66. The fraction of sp³-hybridized carbons (Fsp3) is 0.367. The average Bonchev–Trinajstić information content (AvgIpc) is 2.94. The molecule has 207 valence electrons. The van der Waals surface area contributed by atoms with Crippen LogP contribution in [0.3, 0.4) is 0 Å². The maximum atomic E-state index is 14.8. The van der Waals surface area contributed by atoms with Crippen molar-refractivity contribution in [3.8, 4) is 5.75 Å². The number of benzene rings is 2. The smallest absolute Gasteiger partial charge is 0.225 e. The van der Waals surface area contributed by atoms with Gasteiger partial charge < -0.3 is 24.8 Å². The molecule has 0 unspecified atom stereocenters. The fourth-order valence-electron chi connectivity index (χ4n) is 4.53. The Balaban J connectivity index is 1.47. The van der Waals surface area contributed by atoms with Crippen LogP contribution in [0.5, 0.6) is 5.75 Å². The van der Waals surface area contributed by atoms with Crippen molar-refractivity contribution in [1.82, 2.24) is 10.3 Å². The molecule has 1 aliphatic rings. The summed E-state index contributed by atoms with van der Waals surface area (Å²) in [6, 6.07) is 13.5. The van der Waals surface area contributed by atoms with Crippen molar-refractivity contribution < 1.29 is 27.8 Å². The maximum absolute atomic E-state index is 14.8. The first-order chi connectivity index (χ1) is 18.9. The van der Waals surface area contributed by atoms with Crippen LogP contribution in [0.2, 0.25) is 0 Å². The second kappa shape index (κ2) is 14.1. The van der Waals surface area contributed by atoms with Gasteiger partial charge >= 0.3 is 0 Å². The Kier molecular flexibility index (Phi) is 10.4. The van der Waals surface area contributed by atoms with Crippen LogP contribution in [0.25, 0.3) is 0 Å². The Morgan fingerprint density at radius 2 is 1.85 bits per heavy atom. The van der Waals surface area contributed by atoms with Gasteiger partial charge in [0.05, 0.1) is 37.4 Å². The second-order valence-corrected chi connectivity index (χ2v) is 9.51. The second-order valence-electron chi connectivity index (χ2n) is 9.51. The highest BCUT2D eigenvalue weighted by Gasteiger charge is 2.22. The molecule has 0 aliphatic carbocycles. The van der Waals surface area contributed by atoms with Crippen LogP contribution in [0.15, 0.2) is 60.9 Å². The predicted octanol–water partition coefficient (Wildman–Crippen LogP) is 4.67. The summed E-state index contributed by atoms with van der Waals surface area (Å²) in [7, 11) is 1.61. The molecule has 0 spiro atoms. The number of aromatic nitrogens is 1. The number of carbonyl (C=O) groups is 1. The summed E-state index contributed by atoms with van der Waals surface area (Å²) in [4.78, 5) is 17.2. The Morgan fingerprint density at radius 3 is 2.51 bits per heavy atom. The van der Waals surface area contributed by atoms with E-state index in [1.807, 2.05) is 24.3 Å². The lowest BCUT2D eigenvalue weighted by Gasteiger charge is -2.28. The number of nitrogens with one attached hydrogen (secondary N) is 2. The largest absolute Gasteiger partial charge is 0.491 e. The molecule has 0 bridgehead atoms. The van der Waals surface area contributed by atoms with Crippen LogP contribution in [0.4, 0.5) is 14.5 Å². The lowest BCUT2D eigenvalue weighted by molar-refractivity contribution is -0.116. The van der Waals surface area contributed by atoms with Crippen LogP contribution >= 0.6 is 0 Å². The summed E-state index contributed by atoms with van der Waals surface area (Å²) < 4.78 is 44.8. The zero-order valence-electron chi connectivity index (χ0n) is 22.0. The molecule has 4 rings (SSSR count). The number of anilines is 1. The molecule has 3 atom stereocenters. The normalized spacial score (nSPS) is 17.9. The number of hydrogen-bond donors (Lipinski definition) is 2. The maximum Gasteiger partial charge on any atom is 0.225 e. The molecule has 1 aromatic heterocycles. The van der Waals surface area contributed by atoms with Gasteiger partial charge in [0.2, 0.25) is 5.91 Å². The SMILES string of the molecule is [CH2][C@H]1CO[C@H](CCc2c(F)cncc2NC(=O)C[C@@H](c2ccc(F)cc2)c2ccc(OCCOC)cc2)CN1. The number of halogens is 2. The van der Waals surface area contributed by atoms with Gasteiger partial charge in [0, 0.05) is 37.6 Å². The first-order valence-electron chi connectivity index (χ1n) is 13.0. The zero-order valence-corrected chi connectivity index (χ0v) is 22.0. The Hall–Kier alpha value is -3.40. The van der Waals surface area contributed by atoms with E-state index >= 15 is 0 Å². The van der Waals surface area contributed by atoms with Crippen molar-refractivity contribution in [2.24, 2.45) is 0 Å². The molecule has 1 fully saturated rings. The summed E-state index contributed by atoms with van der Waals surface area (Å²) >= 11 is 0. The number of methoxy groups -OCH3 is 1. The molecule has 1 saturated heterocycles. The van der Waals surface area contributed by atoms with Gasteiger partial charge in [-0.3, -0.25) is 9.78 Å². The summed E-state index contributed by atoms with van der Waals surface area (Å²) in [5.74, 6) is -0.834. The van der Waals surface area contributed by atoms with E-state index in [4.69, 9.17) is 14.2 Å². The number of ether oxygens (including phenoxy) is 3. The number of nitrogens with zero attached hydrogens (tertiary/aromatic N) is 1. The number of pyridine rings is 1. The molecule has 7 nitrogen and oxygen atoms in total. The van der Waals surface area contributed by atoms with Gasteiger partial charge in [0.1, 0.15) is 24.0 Å². The molecule has 39 heavy (non-hydrogen) atoms. The van der Waals surface area contributed by atoms with Crippen molar-refractivity contribution in [2.75, 3.05) is 38.8 Å². The average molecular weight is 539 g/mol. The lowest BCUT2D eigenvalue weighted by Crippen LogP contribution is -2.45. The minimum Gasteiger partial charge on any atom is -0.491 e. The van der Waals surface area contributed by atoms with Crippen LogP contribution in [-0.4, -0.2) is 56.5 Å². The molecule has 2 aromatic carbocycles. The quantitative estimate of drug-likeness (QED) is 0.326. The van der Waals surface area contributed by atoms with E-state index in [1.54, 1.807) is 19.2 Å². The molecular weight excluding hydrogens is 504 g/mol. The van der Waals surface area contributed by atoms with E-state index in [1.165, 1.54) is 18.3 Å². The number of hydrogen-bond acceptors (Lipinski definition) is 6. The first-order valence-corrected chi connectivity index (χ1v) is 13.0. The minimum atomic E-state index is -0.481. The highest BCUT2D eigenvalue weighted by atomic mass is 19.1. The molecule has 3 aromatic rings. The van der Waals surface area contributed by atoms with Crippen molar-refractivity contribution in [3.63, 3.8) is 0 Å². The Morgan fingerprint density at radius 1 is 1.13 bits per heavy atom. The summed E-state index contributed by atoms with van der Waals surface area (Å²) in [5, 5.41) is 6.11. The predicted molar refractivity (Wildman–Crippen MR) is 145 cm³/mol. The summed E-state index contributed by atoms with van der Waals surface area (Å²) in [5.41, 5.74) is 2.36. The Bertz CT molecular complexity index is 1200. The van der Waals surface area contributed by atoms with Gasteiger partial charge in [-0.05, 0) is 55.2 Å². The van der Waals surface area contributed by atoms with E-state index in [0.29, 0.717) is 56.2 Å². The minimum absolute atomic E-state index is 0.0437. The van der Waals surface area contributed by atoms with Crippen LogP contribution < -0.4 is 15.4 Å². The van der Waals surface area contributed by atoms with Crippen LogP contribution in [0.1, 0.15) is 35.4 Å². The van der Waals surface area contributed by atoms with Crippen molar-refractivity contribution >= 4 is 11.6 Å². The molecule has 2 heterocycles. The molecule has 1 aliphatic heterocycles. The van der Waals surface area contributed by atoms with E-state index in [-0.39, 0.29) is 36.2 Å². The van der Waals surface area contributed by atoms with Gasteiger partial charge in [-0.2, -0.15) is 0 Å². The first kappa shape index (κ1) is 28.6. The molecule has 2 N–H and O–H groups in total. The van der Waals surface area contributed by atoms with Gasteiger partial charge in [0.15, 0.2) is 0 Å². The standard InChI is InChI=1S/C30H34F2N3O4/c1-20-19-39-25(16-34-20)11-12-26-28(32)17-33-18-29(26)35-30(36)15-27(21-3-7-23(31)8-4-21)22-5-9-24(10-6-22)38-14-13-37-2/h3-10,17-18,20,25,27,34H,1,11-16,19H2,2H3,(H,35,36)/t20-,25+,27-/m0/s1. The molecule has 1 radical (unpaired) electrons. The Labute approximate surface area is 227 Å². The van der Waals surface area contributed by atoms with Crippen LogP contribution in [-0.2, 0) is 20.7 Å². The van der Waals surface area contributed by atoms with Crippen molar-refractivity contribution in [1.29, 1.82) is 0 Å². The number of rotatable bonds is 12. The van der Waals surface area contributed by atoms with Crippen molar-refractivity contribution in [3.05, 3.63) is 96.2 Å². The van der Waals surface area contributed by atoms with E-state index in [2.05, 4.69) is 22.5 Å². The molecule has 0 saturated carbocycles. The van der Waals surface area contributed by atoms with Gasteiger partial charge in [0.25, 0.3) is 0 Å². The fourth-order valence-corrected chi connectivity index (χ4v) is 4.53. The van der Waals surface area contributed by atoms with Crippen molar-refractivity contribution in [2.45, 2.75) is 37.3 Å². The monoisotopic (exact) mass is 538 g/mol. The topological polar surface area (TPSA) is 81.7 Å². The summed E-state index contributed by atoms with van der Waals surface area (Å²) in [6.07, 6.45) is 3.57. The number of carbonyl (C=O) groups excluding carboxylic acids is 1.